The summed E-state index contributed by atoms with van der Waals surface area (Å²) in [4.78, 5) is 0. The second-order valence-corrected chi connectivity index (χ2v) is 4.86. The molecule has 0 aromatic carbocycles. The Morgan fingerprint density at radius 2 is 2.17 bits per heavy atom. The number of nitrogens with one attached hydrogen (secondary N) is 1. The van der Waals surface area contributed by atoms with Gasteiger partial charge in [0.05, 0.1) is 23.0 Å². The molecule has 0 spiro atoms. The highest BCUT2D eigenvalue weighted by Crippen LogP contribution is 2.20. The van der Waals surface area contributed by atoms with Gasteiger partial charge in [-0.05, 0) is 26.8 Å². The molecule has 1 atom stereocenters. The van der Waals surface area contributed by atoms with E-state index in [9.17, 15) is 0 Å². The van der Waals surface area contributed by atoms with Crippen LogP contribution < -0.4 is 5.32 Å². The van der Waals surface area contributed by atoms with Crippen molar-refractivity contribution in [3.05, 3.63) is 16.4 Å². The van der Waals surface area contributed by atoms with Crippen LogP contribution in [0.1, 0.15) is 31.7 Å². The first-order chi connectivity index (χ1) is 8.60. The molecular formula is C13H24ClN3O. The molecule has 4 nitrogen and oxygen atoms in total. The largest absolute Gasteiger partial charge is 0.380 e. The van der Waals surface area contributed by atoms with Crippen molar-refractivity contribution in [2.45, 2.75) is 39.7 Å². The Hall–Kier alpha value is -0.580. The van der Waals surface area contributed by atoms with Crippen molar-refractivity contribution < 1.29 is 4.74 Å². The van der Waals surface area contributed by atoms with E-state index < -0.39 is 0 Å². The maximum Gasteiger partial charge on any atom is 0.0847 e. The Morgan fingerprint density at radius 3 is 2.67 bits per heavy atom. The fourth-order valence-corrected chi connectivity index (χ4v) is 2.17. The van der Waals surface area contributed by atoms with Gasteiger partial charge in [0.25, 0.3) is 0 Å². The summed E-state index contributed by atoms with van der Waals surface area (Å²) < 4.78 is 7.38. The summed E-state index contributed by atoms with van der Waals surface area (Å²) in [6.07, 6.45) is 1.96. The molecule has 0 saturated carbocycles. The minimum Gasteiger partial charge on any atom is -0.380 e. The Kier molecular flexibility index (Phi) is 6.68. The molecule has 104 valence electrons. The van der Waals surface area contributed by atoms with Gasteiger partial charge in [0.1, 0.15) is 0 Å². The average molecular weight is 274 g/mol. The zero-order chi connectivity index (χ0) is 13.5. The number of aromatic nitrogens is 2. The van der Waals surface area contributed by atoms with E-state index in [-0.39, 0.29) is 6.04 Å². The van der Waals surface area contributed by atoms with Gasteiger partial charge in [-0.1, -0.05) is 18.5 Å². The maximum absolute atomic E-state index is 6.27. The summed E-state index contributed by atoms with van der Waals surface area (Å²) in [5.74, 6) is 0. The van der Waals surface area contributed by atoms with Gasteiger partial charge in [0.15, 0.2) is 0 Å². The fourth-order valence-electron chi connectivity index (χ4n) is 1.93. The van der Waals surface area contributed by atoms with E-state index in [2.05, 4.69) is 17.3 Å². The van der Waals surface area contributed by atoms with Crippen LogP contribution in [0.15, 0.2) is 0 Å². The van der Waals surface area contributed by atoms with Crippen molar-refractivity contribution in [1.29, 1.82) is 0 Å². The molecular weight excluding hydrogens is 250 g/mol. The Balaban J connectivity index is 2.68. The van der Waals surface area contributed by atoms with Gasteiger partial charge in [-0.15, -0.1) is 0 Å². The Morgan fingerprint density at radius 1 is 1.44 bits per heavy atom. The minimum atomic E-state index is 0.289. The van der Waals surface area contributed by atoms with Crippen LogP contribution in [-0.4, -0.2) is 35.6 Å². The molecule has 0 aliphatic heterocycles. The second-order valence-electron chi connectivity index (χ2n) is 4.48. The first-order valence-corrected chi connectivity index (χ1v) is 6.97. The van der Waals surface area contributed by atoms with Crippen LogP contribution in [0.25, 0.3) is 0 Å². The molecule has 0 fully saturated rings. The molecule has 0 aliphatic rings. The quantitative estimate of drug-likeness (QED) is 0.790. The van der Waals surface area contributed by atoms with E-state index >= 15 is 0 Å². The van der Waals surface area contributed by atoms with E-state index in [0.717, 1.165) is 42.4 Å². The highest BCUT2D eigenvalue weighted by Gasteiger charge is 2.16. The number of hydrogen-bond donors (Lipinski definition) is 1. The molecule has 0 saturated heterocycles. The second kappa shape index (κ2) is 7.77. The highest BCUT2D eigenvalue weighted by atomic mass is 35.5. The van der Waals surface area contributed by atoms with E-state index in [1.807, 2.05) is 25.6 Å². The summed E-state index contributed by atoms with van der Waals surface area (Å²) in [5.41, 5.74) is 1.96. The van der Waals surface area contributed by atoms with Gasteiger partial charge in [-0.25, -0.2) is 0 Å². The molecule has 1 heterocycles. The topological polar surface area (TPSA) is 39.1 Å². The van der Waals surface area contributed by atoms with E-state index in [4.69, 9.17) is 16.3 Å². The third kappa shape index (κ3) is 4.26. The lowest BCUT2D eigenvalue weighted by Gasteiger charge is -2.18. The van der Waals surface area contributed by atoms with Crippen molar-refractivity contribution in [2.24, 2.45) is 7.05 Å². The molecule has 0 bridgehead atoms. The lowest BCUT2D eigenvalue weighted by atomic mass is 10.1. The van der Waals surface area contributed by atoms with Gasteiger partial charge in [-0.3, -0.25) is 4.68 Å². The Labute approximate surface area is 115 Å². The molecule has 5 heteroatoms. The standard InChI is InChI=1S/C13H24ClN3O/c1-5-7-15-11(9-18-6-2)8-12-13(14)10(3)16-17(12)4/h11,15H,5-9H2,1-4H3. The minimum absolute atomic E-state index is 0.289. The van der Waals surface area contributed by atoms with Gasteiger partial charge < -0.3 is 10.1 Å². The van der Waals surface area contributed by atoms with Gasteiger partial charge in [0, 0.05) is 26.1 Å². The van der Waals surface area contributed by atoms with E-state index in [1.54, 1.807) is 0 Å². The van der Waals surface area contributed by atoms with Crippen molar-refractivity contribution in [3.8, 4) is 0 Å². The van der Waals surface area contributed by atoms with Crippen molar-refractivity contribution >= 4 is 11.6 Å². The normalized spacial score (nSPS) is 12.9. The smallest absolute Gasteiger partial charge is 0.0847 e. The zero-order valence-electron chi connectivity index (χ0n) is 11.8. The third-order valence-electron chi connectivity index (χ3n) is 2.91. The van der Waals surface area contributed by atoms with E-state index in [0.29, 0.717) is 6.61 Å². The lowest BCUT2D eigenvalue weighted by Crippen LogP contribution is -2.36. The predicted octanol–water partition coefficient (Wildman–Crippen LogP) is 2.33. The first kappa shape index (κ1) is 15.5. The van der Waals surface area contributed by atoms with Crippen LogP contribution in [0.4, 0.5) is 0 Å². The predicted molar refractivity (Wildman–Crippen MR) is 75.2 cm³/mol. The lowest BCUT2D eigenvalue weighted by molar-refractivity contribution is 0.122. The SMILES string of the molecule is CCCNC(COCC)Cc1c(Cl)c(C)nn1C. The van der Waals surface area contributed by atoms with Crippen molar-refractivity contribution in [3.63, 3.8) is 0 Å². The van der Waals surface area contributed by atoms with Crippen LogP contribution in [0.5, 0.6) is 0 Å². The van der Waals surface area contributed by atoms with E-state index in [1.165, 1.54) is 0 Å². The highest BCUT2D eigenvalue weighted by molar-refractivity contribution is 6.31. The van der Waals surface area contributed by atoms with Crippen LogP contribution in [0.3, 0.4) is 0 Å². The summed E-state index contributed by atoms with van der Waals surface area (Å²) in [6.45, 7) is 8.54. The molecule has 0 radical (unpaired) electrons. The van der Waals surface area contributed by atoms with Crippen LogP contribution in [0.2, 0.25) is 5.02 Å². The summed E-state index contributed by atoms with van der Waals surface area (Å²) >= 11 is 6.27. The molecule has 1 unspecified atom stereocenters. The first-order valence-electron chi connectivity index (χ1n) is 6.59. The monoisotopic (exact) mass is 273 g/mol. The van der Waals surface area contributed by atoms with Gasteiger partial charge >= 0.3 is 0 Å². The summed E-state index contributed by atoms with van der Waals surface area (Å²) in [7, 11) is 1.94. The molecule has 1 aromatic heterocycles. The number of halogens is 1. The van der Waals surface area contributed by atoms with Crippen LogP contribution in [0, 0.1) is 6.92 Å². The molecule has 0 aliphatic carbocycles. The van der Waals surface area contributed by atoms with Crippen molar-refractivity contribution in [1.82, 2.24) is 15.1 Å². The van der Waals surface area contributed by atoms with Crippen molar-refractivity contribution in [2.75, 3.05) is 19.8 Å². The molecule has 1 rings (SSSR count). The number of ether oxygens (including phenoxy) is 1. The van der Waals surface area contributed by atoms with Crippen LogP contribution in [-0.2, 0) is 18.2 Å². The fraction of sp³-hybridized carbons (Fsp3) is 0.769. The zero-order valence-corrected chi connectivity index (χ0v) is 12.5. The molecule has 1 aromatic rings. The van der Waals surface area contributed by atoms with Crippen LogP contribution >= 0.6 is 11.6 Å². The number of rotatable bonds is 8. The summed E-state index contributed by atoms with van der Waals surface area (Å²) in [6, 6.07) is 0.289. The number of aryl methyl sites for hydroxylation is 2. The number of hydrogen-bond acceptors (Lipinski definition) is 3. The average Bonchev–Trinajstić information content (AvgIpc) is 2.58. The Bertz CT molecular complexity index is 357. The molecule has 1 N–H and O–H groups in total. The third-order valence-corrected chi connectivity index (χ3v) is 3.40. The van der Waals surface area contributed by atoms with Gasteiger partial charge in [0.2, 0.25) is 0 Å². The number of nitrogens with zero attached hydrogens (tertiary/aromatic N) is 2. The molecule has 18 heavy (non-hydrogen) atoms. The summed E-state index contributed by atoms with van der Waals surface area (Å²) in [5, 5.41) is 8.61. The maximum atomic E-state index is 6.27. The van der Waals surface area contributed by atoms with Gasteiger partial charge in [-0.2, -0.15) is 5.10 Å². The molecule has 0 amide bonds.